The van der Waals surface area contributed by atoms with E-state index in [-0.39, 0.29) is 17.3 Å². The average Bonchev–Trinajstić information content (AvgIpc) is 3.41. The van der Waals surface area contributed by atoms with Gasteiger partial charge in [-0.1, -0.05) is 33.1 Å². The maximum atomic E-state index is 12.8. The van der Waals surface area contributed by atoms with Gasteiger partial charge in [0.15, 0.2) is 0 Å². The lowest BCUT2D eigenvalue weighted by molar-refractivity contribution is -0.158. The van der Waals surface area contributed by atoms with Crippen molar-refractivity contribution in [1.82, 2.24) is 5.32 Å². The van der Waals surface area contributed by atoms with Crippen LogP contribution in [0.3, 0.4) is 0 Å². The SMILES string of the molecule is COC(=O)[C@H]1CC[C@H]2[C@@H]3CC[C@H]4C[C@@H]5O[C@@H]5C[C@]4(C)[C@H]3[C@H](NC3CCCCC3)C[C@]12C. The van der Waals surface area contributed by atoms with Crippen LogP contribution in [0.25, 0.3) is 0 Å². The Morgan fingerprint density at radius 3 is 2.52 bits per heavy atom. The molecular weight excluding hydrogens is 386 g/mol. The minimum absolute atomic E-state index is 0.0478. The van der Waals surface area contributed by atoms with Crippen LogP contribution in [0.1, 0.15) is 90.9 Å². The van der Waals surface area contributed by atoms with Crippen molar-refractivity contribution in [3.63, 3.8) is 0 Å². The fourth-order valence-electron chi connectivity index (χ4n) is 9.97. The highest BCUT2D eigenvalue weighted by molar-refractivity contribution is 5.74. The molecule has 0 aromatic carbocycles. The summed E-state index contributed by atoms with van der Waals surface area (Å²) in [5.74, 6) is 3.15. The lowest BCUT2D eigenvalue weighted by atomic mass is 9.43. The van der Waals surface area contributed by atoms with Crippen LogP contribution in [0.4, 0.5) is 0 Å². The minimum Gasteiger partial charge on any atom is -0.469 e. The molecule has 0 radical (unpaired) electrons. The second-order valence-corrected chi connectivity index (χ2v) is 12.7. The highest BCUT2D eigenvalue weighted by atomic mass is 16.6. The second kappa shape index (κ2) is 7.45. The summed E-state index contributed by atoms with van der Waals surface area (Å²) in [4.78, 5) is 12.8. The standard InChI is InChI=1S/C27H43NO3/c1-26-15-23-22(31-23)13-16(26)9-10-18-19-11-12-20(25(29)30-3)27(19,2)14-21(24(18)26)28-17-7-5-4-6-8-17/h16-24,28H,4-15H2,1-3H3/t16-,18-,19-,20+,21+,22-,23+,24+,26-,27-/m0/s1. The summed E-state index contributed by atoms with van der Waals surface area (Å²) < 4.78 is 11.4. The molecule has 1 N–H and O–H groups in total. The Kier molecular flexibility index (Phi) is 5.04. The molecular formula is C27H43NO3. The molecule has 10 atom stereocenters. The lowest BCUT2D eigenvalue weighted by Crippen LogP contribution is -2.63. The van der Waals surface area contributed by atoms with Crippen molar-refractivity contribution >= 4 is 5.97 Å². The van der Waals surface area contributed by atoms with Gasteiger partial charge in [-0.15, -0.1) is 0 Å². The second-order valence-electron chi connectivity index (χ2n) is 12.7. The Bertz CT molecular complexity index is 719. The lowest BCUT2D eigenvalue weighted by Gasteiger charge is -2.63. The molecule has 4 nitrogen and oxygen atoms in total. The van der Waals surface area contributed by atoms with E-state index in [9.17, 15) is 4.79 Å². The van der Waals surface area contributed by atoms with Gasteiger partial charge in [0.25, 0.3) is 0 Å². The summed E-state index contributed by atoms with van der Waals surface area (Å²) in [6, 6.07) is 1.22. The number of epoxide rings is 1. The summed E-state index contributed by atoms with van der Waals surface area (Å²) in [7, 11) is 1.59. The van der Waals surface area contributed by atoms with E-state index in [4.69, 9.17) is 9.47 Å². The Labute approximate surface area is 188 Å². The van der Waals surface area contributed by atoms with Gasteiger partial charge in [-0.3, -0.25) is 4.79 Å². The molecule has 0 aromatic heterocycles. The monoisotopic (exact) mass is 429 g/mol. The maximum Gasteiger partial charge on any atom is 0.309 e. The number of carbonyl (C=O) groups is 1. The largest absolute Gasteiger partial charge is 0.469 e. The topological polar surface area (TPSA) is 50.9 Å². The quantitative estimate of drug-likeness (QED) is 0.501. The molecule has 0 amide bonds. The maximum absolute atomic E-state index is 12.8. The highest BCUT2D eigenvalue weighted by Crippen LogP contribution is 2.69. The average molecular weight is 430 g/mol. The van der Waals surface area contributed by atoms with Crippen LogP contribution < -0.4 is 5.32 Å². The number of hydrogen-bond donors (Lipinski definition) is 1. The van der Waals surface area contributed by atoms with Gasteiger partial charge in [0.05, 0.1) is 25.2 Å². The van der Waals surface area contributed by atoms with E-state index >= 15 is 0 Å². The molecule has 0 bridgehead atoms. The van der Waals surface area contributed by atoms with Crippen molar-refractivity contribution in [1.29, 1.82) is 0 Å². The zero-order valence-electron chi connectivity index (χ0n) is 19.9. The van der Waals surface area contributed by atoms with Gasteiger partial charge in [-0.05, 0) is 92.3 Å². The fraction of sp³-hybridized carbons (Fsp3) is 0.963. The summed E-state index contributed by atoms with van der Waals surface area (Å²) in [5.41, 5.74) is 0.495. The van der Waals surface area contributed by atoms with Gasteiger partial charge in [-0.2, -0.15) is 0 Å². The number of hydrogen-bond acceptors (Lipinski definition) is 4. The van der Waals surface area contributed by atoms with Crippen molar-refractivity contribution in [2.45, 2.75) is 115 Å². The van der Waals surface area contributed by atoms with Gasteiger partial charge in [0, 0.05) is 12.1 Å². The summed E-state index contributed by atoms with van der Waals surface area (Å²) in [6.45, 7) is 5.09. The number of carbonyl (C=O) groups excluding carboxylic acids is 1. The van der Waals surface area contributed by atoms with E-state index in [2.05, 4.69) is 19.2 Å². The first-order valence-electron chi connectivity index (χ1n) is 13.4. The smallest absolute Gasteiger partial charge is 0.309 e. The molecule has 0 spiro atoms. The number of ether oxygens (including phenoxy) is 2. The first-order chi connectivity index (χ1) is 14.9. The van der Waals surface area contributed by atoms with Crippen molar-refractivity contribution in [2.24, 2.45) is 40.4 Å². The third kappa shape index (κ3) is 3.17. The van der Waals surface area contributed by atoms with Crippen LogP contribution in [-0.2, 0) is 14.3 Å². The number of methoxy groups -OCH3 is 1. The van der Waals surface area contributed by atoms with Gasteiger partial charge in [-0.25, -0.2) is 0 Å². The summed E-state index contributed by atoms with van der Waals surface area (Å²) in [6.07, 6.45) is 16.6. The zero-order chi connectivity index (χ0) is 21.4. The first kappa shape index (κ1) is 21.0. The Balaban J connectivity index is 1.35. The molecule has 6 fully saturated rings. The van der Waals surface area contributed by atoms with Crippen LogP contribution in [-0.4, -0.2) is 37.4 Å². The van der Waals surface area contributed by atoms with E-state index < -0.39 is 0 Å². The summed E-state index contributed by atoms with van der Waals surface area (Å²) >= 11 is 0. The third-order valence-corrected chi connectivity index (χ3v) is 11.4. The van der Waals surface area contributed by atoms with Crippen LogP contribution >= 0.6 is 0 Å². The van der Waals surface area contributed by atoms with Crippen molar-refractivity contribution < 1.29 is 14.3 Å². The van der Waals surface area contributed by atoms with E-state index in [0.29, 0.717) is 35.6 Å². The first-order valence-corrected chi connectivity index (χ1v) is 13.4. The van der Waals surface area contributed by atoms with Gasteiger partial charge in [0.2, 0.25) is 0 Å². The Morgan fingerprint density at radius 2 is 1.74 bits per heavy atom. The number of nitrogens with one attached hydrogen (secondary N) is 1. The van der Waals surface area contributed by atoms with Crippen LogP contribution in [0.2, 0.25) is 0 Å². The van der Waals surface area contributed by atoms with Crippen molar-refractivity contribution in [3.8, 4) is 0 Å². The molecule has 5 aliphatic carbocycles. The van der Waals surface area contributed by atoms with Crippen molar-refractivity contribution in [2.75, 3.05) is 7.11 Å². The molecule has 5 saturated carbocycles. The van der Waals surface area contributed by atoms with E-state index in [0.717, 1.165) is 30.6 Å². The molecule has 1 saturated heterocycles. The Hall–Kier alpha value is -0.610. The molecule has 6 aliphatic rings. The third-order valence-electron chi connectivity index (χ3n) is 11.4. The zero-order valence-corrected chi connectivity index (χ0v) is 19.9. The van der Waals surface area contributed by atoms with Crippen LogP contribution in [0.15, 0.2) is 0 Å². The molecule has 31 heavy (non-hydrogen) atoms. The number of rotatable bonds is 3. The molecule has 4 heteroatoms. The minimum atomic E-state index is 0.0478. The molecule has 1 aliphatic heterocycles. The molecule has 174 valence electrons. The Morgan fingerprint density at radius 1 is 0.935 bits per heavy atom. The van der Waals surface area contributed by atoms with Crippen LogP contribution in [0, 0.1) is 40.4 Å². The molecule has 6 rings (SSSR count). The normalized spacial score (nSPS) is 53.6. The fourth-order valence-corrected chi connectivity index (χ4v) is 9.97. The number of esters is 1. The predicted octanol–water partition coefficient (Wildman–Crippen LogP) is 5.10. The van der Waals surface area contributed by atoms with Gasteiger partial charge < -0.3 is 14.8 Å². The van der Waals surface area contributed by atoms with Crippen molar-refractivity contribution in [3.05, 3.63) is 0 Å². The van der Waals surface area contributed by atoms with Gasteiger partial charge in [0.1, 0.15) is 0 Å². The number of fused-ring (bicyclic) bond motifs is 6. The highest BCUT2D eigenvalue weighted by Gasteiger charge is 2.66. The summed E-state index contributed by atoms with van der Waals surface area (Å²) in [5, 5.41) is 4.27. The van der Waals surface area contributed by atoms with Crippen LogP contribution in [0.5, 0.6) is 0 Å². The van der Waals surface area contributed by atoms with Gasteiger partial charge >= 0.3 is 5.97 Å². The molecule has 1 heterocycles. The van der Waals surface area contributed by atoms with E-state index in [1.165, 1.54) is 64.2 Å². The molecule has 0 aromatic rings. The van der Waals surface area contributed by atoms with E-state index in [1.807, 2.05) is 0 Å². The van der Waals surface area contributed by atoms with E-state index in [1.54, 1.807) is 7.11 Å². The predicted molar refractivity (Wildman–Crippen MR) is 120 cm³/mol. The molecule has 0 unspecified atom stereocenters.